The Bertz CT molecular complexity index is 1420. The van der Waals surface area contributed by atoms with Gasteiger partial charge in [0, 0.05) is 17.6 Å². The number of nitriles is 1. The van der Waals surface area contributed by atoms with Crippen molar-refractivity contribution >= 4 is 26.7 Å². The summed E-state index contributed by atoms with van der Waals surface area (Å²) in [4.78, 5) is 4.51. The van der Waals surface area contributed by atoms with Crippen molar-refractivity contribution in [2.45, 2.75) is 37.5 Å². The molecule has 0 bridgehead atoms. The Morgan fingerprint density at radius 1 is 1.06 bits per heavy atom. The maximum atomic E-state index is 13.1. The molecule has 0 atom stereocenters. The van der Waals surface area contributed by atoms with E-state index in [2.05, 4.69) is 41.6 Å². The van der Waals surface area contributed by atoms with Crippen molar-refractivity contribution in [3.05, 3.63) is 78.1 Å². The number of nitrogens with zero attached hydrogens (tertiary/aromatic N) is 4. The maximum Gasteiger partial charge on any atom is 0.263 e. The smallest absolute Gasteiger partial charge is 0.263 e. The molecule has 7 nitrogen and oxygen atoms in total. The molecule has 4 aromatic rings. The van der Waals surface area contributed by atoms with Gasteiger partial charge >= 0.3 is 0 Å². The van der Waals surface area contributed by atoms with Crippen LogP contribution in [0.1, 0.15) is 32.0 Å². The largest absolute Gasteiger partial charge is 0.263 e. The van der Waals surface area contributed by atoms with Crippen LogP contribution in [-0.2, 0) is 21.9 Å². The number of nitrogens with one attached hydrogen (secondary N) is 1. The Labute approximate surface area is 187 Å². The number of sulfonamides is 1. The van der Waals surface area contributed by atoms with Gasteiger partial charge in [-0.3, -0.25) is 9.71 Å². The fourth-order valence-electron chi connectivity index (χ4n) is 3.46. The Morgan fingerprint density at radius 3 is 2.50 bits per heavy atom. The minimum atomic E-state index is -3.87. The highest BCUT2D eigenvalue weighted by Crippen LogP contribution is 2.27. The second-order valence-electron chi connectivity index (χ2n) is 8.49. The van der Waals surface area contributed by atoms with Crippen molar-refractivity contribution in [3.8, 4) is 11.8 Å². The van der Waals surface area contributed by atoms with Gasteiger partial charge in [0.25, 0.3) is 10.0 Å². The molecule has 0 aliphatic rings. The summed E-state index contributed by atoms with van der Waals surface area (Å²) in [6, 6.07) is 19.7. The summed E-state index contributed by atoms with van der Waals surface area (Å²) in [7, 11) is -3.87. The van der Waals surface area contributed by atoms with Gasteiger partial charge in [0.2, 0.25) is 0 Å². The first kappa shape index (κ1) is 21.5. The highest BCUT2D eigenvalue weighted by Gasteiger charge is 2.21. The molecule has 2 aromatic carbocycles. The predicted molar refractivity (Wildman–Crippen MR) is 124 cm³/mol. The van der Waals surface area contributed by atoms with E-state index in [4.69, 9.17) is 5.26 Å². The zero-order chi connectivity index (χ0) is 22.9. The van der Waals surface area contributed by atoms with Crippen LogP contribution in [0.25, 0.3) is 16.6 Å². The van der Waals surface area contributed by atoms with E-state index in [-0.39, 0.29) is 22.5 Å². The SMILES string of the molecule is CC(C)(C)c1ccc(S(=O)(=O)Nc2cc(CC#N)nn2-c2cccc3ncccc23)cc1. The van der Waals surface area contributed by atoms with Crippen molar-refractivity contribution in [3.63, 3.8) is 0 Å². The Kier molecular flexibility index (Phi) is 5.45. The normalized spacial score (nSPS) is 11.9. The van der Waals surface area contributed by atoms with E-state index in [1.54, 1.807) is 24.4 Å². The Balaban J connectivity index is 1.78. The van der Waals surface area contributed by atoms with E-state index in [0.29, 0.717) is 11.4 Å². The summed E-state index contributed by atoms with van der Waals surface area (Å²) in [5.74, 6) is 0.256. The fraction of sp³-hybridized carbons (Fsp3) is 0.208. The molecule has 1 N–H and O–H groups in total. The molecule has 0 amide bonds. The third-order valence-corrected chi connectivity index (χ3v) is 6.51. The van der Waals surface area contributed by atoms with E-state index in [1.807, 2.05) is 42.5 Å². The summed E-state index contributed by atoms with van der Waals surface area (Å²) in [6.45, 7) is 6.22. The highest BCUT2D eigenvalue weighted by molar-refractivity contribution is 7.92. The van der Waals surface area contributed by atoms with E-state index >= 15 is 0 Å². The summed E-state index contributed by atoms with van der Waals surface area (Å²) >= 11 is 0. The van der Waals surface area contributed by atoms with Crippen molar-refractivity contribution in [1.29, 1.82) is 5.26 Å². The predicted octanol–water partition coefficient (Wildman–Crippen LogP) is 4.58. The van der Waals surface area contributed by atoms with Crippen LogP contribution < -0.4 is 4.72 Å². The van der Waals surface area contributed by atoms with E-state index in [9.17, 15) is 8.42 Å². The summed E-state index contributed by atoms with van der Waals surface area (Å²) in [5.41, 5.74) is 2.85. The lowest BCUT2D eigenvalue weighted by atomic mass is 9.87. The molecule has 0 unspecified atom stereocenters. The first-order valence-corrected chi connectivity index (χ1v) is 11.6. The van der Waals surface area contributed by atoms with Crippen LogP contribution in [0.2, 0.25) is 0 Å². The zero-order valence-electron chi connectivity index (χ0n) is 18.1. The van der Waals surface area contributed by atoms with Crippen LogP contribution in [-0.4, -0.2) is 23.2 Å². The standard InChI is InChI=1S/C24H23N5O2S/c1-24(2,3)17-9-11-19(12-10-17)32(30,31)28-23-16-18(13-14-25)27-29(23)22-8-4-7-21-20(22)6-5-15-26-21/h4-12,15-16,28H,13H2,1-3H3. The van der Waals surface area contributed by atoms with Crippen molar-refractivity contribution in [2.75, 3.05) is 4.72 Å². The molecule has 2 heterocycles. The van der Waals surface area contributed by atoms with Crippen LogP contribution in [0.5, 0.6) is 0 Å². The monoisotopic (exact) mass is 445 g/mol. The molecule has 2 aromatic heterocycles. The Hall–Kier alpha value is -3.70. The molecule has 0 aliphatic carbocycles. The zero-order valence-corrected chi connectivity index (χ0v) is 18.9. The van der Waals surface area contributed by atoms with Crippen LogP contribution in [0.4, 0.5) is 5.82 Å². The molecule has 0 spiro atoms. The van der Waals surface area contributed by atoms with Gasteiger partial charge in [0.05, 0.1) is 34.3 Å². The number of fused-ring (bicyclic) bond motifs is 1. The average Bonchev–Trinajstić information content (AvgIpc) is 3.14. The molecule has 162 valence electrons. The number of aromatic nitrogens is 3. The molecule has 4 rings (SSSR count). The summed E-state index contributed by atoms with van der Waals surface area (Å²) in [6.07, 6.45) is 1.76. The molecular weight excluding hydrogens is 422 g/mol. The van der Waals surface area contributed by atoms with Crippen LogP contribution in [0.3, 0.4) is 0 Å². The van der Waals surface area contributed by atoms with Crippen molar-refractivity contribution in [1.82, 2.24) is 14.8 Å². The number of pyridine rings is 1. The molecular formula is C24H23N5O2S. The van der Waals surface area contributed by atoms with Crippen molar-refractivity contribution < 1.29 is 8.42 Å². The minimum absolute atomic E-state index is 0.0605. The molecule has 0 aliphatic heterocycles. The summed E-state index contributed by atoms with van der Waals surface area (Å²) < 4.78 is 30.5. The summed E-state index contributed by atoms with van der Waals surface area (Å²) in [5, 5.41) is 14.4. The molecule has 8 heteroatoms. The third-order valence-electron chi connectivity index (χ3n) is 5.14. The van der Waals surface area contributed by atoms with Gasteiger partial charge in [-0.2, -0.15) is 10.4 Å². The second kappa shape index (κ2) is 8.09. The van der Waals surface area contributed by atoms with Gasteiger partial charge in [0.15, 0.2) is 0 Å². The quantitative estimate of drug-likeness (QED) is 0.484. The fourth-order valence-corrected chi connectivity index (χ4v) is 4.49. The van der Waals surface area contributed by atoms with Gasteiger partial charge in [-0.25, -0.2) is 13.1 Å². The van der Waals surface area contributed by atoms with Gasteiger partial charge in [0.1, 0.15) is 5.82 Å². The van der Waals surface area contributed by atoms with E-state index in [1.165, 1.54) is 4.68 Å². The third kappa shape index (κ3) is 4.20. The van der Waals surface area contributed by atoms with Gasteiger partial charge in [-0.15, -0.1) is 0 Å². The average molecular weight is 446 g/mol. The first-order valence-electron chi connectivity index (χ1n) is 10.1. The van der Waals surface area contributed by atoms with Crippen molar-refractivity contribution in [2.24, 2.45) is 0 Å². The number of benzene rings is 2. The van der Waals surface area contributed by atoms with Gasteiger partial charge < -0.3 is 0 Å². The number of hydrogen-bond acceptors (Lipinski definition) is 5. The Morgan fingerprint density at radius 2 is 1.81 bits per heavy atom. The van der Waals surface area contributed by atoms with Crippen LogP contribution >= 0.6 is 0 Å². The lowest BCUT2D eigenvalue weighted by Crippen LogP contribution is -2.17. The minimum Gasteiger partial charge on any atom is -0.263 e. The van der Waals surface area contributed by atoms with Gasteiger partial charge in [-0.1, -0.05) is 39.0 Å². The lowest BCUT2D eigenvalue weighted by molar-refractivity contribution is 0.587. The second-order valence-corrected chi connectivity index (χ2v) is 10.2. The number of hydrogen-bond donors (Lipinski definition) is 1. The van der Waals surface area contributed by atoms with Gasteiger partial charge in [-0.05, 0) is 47.4 Å². The number of anilines is 1. The molecule has 0 radical (unpaired) electrons. The highest BCUT2D eigenvalue weighted by atomic mass is 32.2. The topological polar surface area (TPSA) is 101 Å². The van der Waals surface area contributed by atoms with E-state index < -0.39 is 10.0 Å². The lowest BCUT2D eigenvalue weighted by Gasteiger charge is -2.19. The van der Waals surface area contributed by atoms with Crippen LogP contribution in [0.15, 0.2) is 71.8 Å². The molecule has 0 fully saturated rings. The van der Waals surface area contributed by atoms with E-state index in [0.717, 1.165) is 16.5 Å². The maximum absolute atomic E-state index is 13.1. The molecule has 0 saturated carbocycles. The first-order chi connectivity index (χ1) is 15.2. The number of rotatable bonds is 5. The molecule has 32 heavy (non-hydrogen) atoms. The molecule has 0 saturated heterocycles. The van der Waals surface area contributed by atoms with Crippen LogP contribution in [0, 0.1) is 11.3 Å².